The molecule has 2 aliphatic carbocycles. The van der Waals surface area contributed by atoms with Crippen molar-refractivity contribution in [2.24, 2.45) is 11.3 Å². The van der Waals surface area contributed by atoms with Crippen molar-refractivity contribution >= 4 is 23.5 Å². The van der Waals surface area contributed by atoms with Crippen LogP contribution in [0.5, 0.6) is 0 Å². The third-order valence-electron chi connectivity index (χ3n) is 9.47. The number of methoxy groups -OCH3 is 1. The fourth-order valence-electron chi connectivity index (χ4n) is 7.12. The molecule has 0 amide bonds. The van der Waals surface area contributed by atoms with Gasteiger partial charge in [0.05, 0.1) is 6.10 Å². The lowest BCUT2D eigenvalue weighted by atomic mass is 9.51. The van der Waals surface area contributed by atoms with E-state index in [-0.39, 0.29) is 12.0 Å². The van der Waals surface area contributed by atoms with Crippen LogP contribution in [-0.4, -0.2) is 37.4 Å². The van der Waals surface area contributed by atoms with Gasteiger partial charge in [-0.1, -0.05) is 62.2 Å². The van der Waals surface area contributed by atoms with Crippen LogP contribution in [0.4, 0.5) is 0 Å². The van der Waals surface area contributed by atoms with E-state index in [1.54, 1.807) is 0 Å². The Balaban J connectivity index is 1.44. The van der Waals surface area contributed by atoms with Crippen molar-refractivity contribution in [2.45, 2.75) is 103 Å². The van der Waals surface area contributed by atoms with E-state index in [0.29, 0.717) is 34.8 Å². The Kier molecular flexibility index (Phi) is 8.34. The van der Waals surface area contributed by atoms with Crippen LogP contribution < -0.4 is 0 Å². The number of esters is 2. The van der Waals surface area contributed by atoms with Gasteiger partial charge in [0.25, 0.3) is 0 Å². The fourth-order valence-corrected chi connectivity index (χ4v) is 7.30. The van der Waals surface area contributed by atoms with Gasteiger partial charge in [-0.05, 0) is 78.7 Å². The molecule has 1 aliphatic heterocycles. The molecule has 0 aromatic heterocycles. The summed E-state index contributed by atoms with van der Waals surface area (Å²) in [5.74, 6) is -1.99. The van der Waals surface area contributed by atoms with E-state index in [1.165, 1.54) is 58.6 Å². The zero-order chi connectivity index (χ0) is 28.7. The topological polar surface area (TPSA) is 71.1 Å². The SMILES string of the molecule is CC[C@H]1OC(OC)(c2ccc(Cl)c(Cc3ccc(C4CC5(CCC5)C4)cc3)c2)[C@H](OC(C)=O)[C@@H](OC(C)=O)[C@@H]1C. The van der Waals surface area contributed by atoms with E-state index in [1.807, 2.05) is 32.0 Å². The first-order valence-electron chi connectivity index (χ1n) is 14.5. The van der Waals surface area contributed by atoms with Crippen molar-refractivity contribution in [1.29, 1.82) is 0 Å². The minimum Gasteiger partial charge on any atom is -0.458 e. The Morgan fingerprint density at radius 1 is 1.02 bits per heavy atom. The fraction of sp³-hybridized carbons (Fsp3) is 0.576. The van der Waals surface area contributed by atoms with E-state index < -0.39 is 29.9 Å². The van der Waals surface area contributed by atoms with Gasteiger partial charge in [-0.25, -0.2) is 0 Å². The first-order chi connectivity index (χ1) is 19.1. The number of halogens is 1. The van der Waals surface area contributed by atoms with Crippen molar-refractivity contribution < 1.29 is 28.5 Å². The average Bonchev–Trinajstić information content (AvgIpc) is 2.87. The largest absolute Gasteiger partial charge is 0.458 e. The summed E-state index contributed by atoms with van der Waals surface area (Å²) in [6, 6.07) is 14.5. The van der Waals surface area contributed by atoms with Crippen LogP contribution in [0.1, 0.15) is 94.4 Å². The maximum absolute atomic E-state index is 12.3. The van der Waals surface area contributed by atoms with Crippen LogP contribution in [0.15, 0.2) is 42.5 Å². The van der Waals surface area contributed by atoms with Gasteiger partial charge >= 0.3 is 11.9 Å². The molecule has 2 aromatic rings. The van der Waals surface area contributed by atoms with Gasteiger partial charge in [0.15, 0.2) is 6.10 Å². The summed E-state index contributed by atoms with van der Waals surface area (Å²) in [5.41, 5.74) is 4.80. The number of rotatable bonds is 8. The number of benzene rings is 2. The first-order valence-corrected chi connectivity index (χ1v) is 14.9. The van der Waals surface area contributed by atoms with E-state index in [4.69, 9.17) is 30.5 Å². The van der Waals surface area contributed by atoms with Gasteiger partial charge in [0.2, 0.25) is 5.79 Å². The van der Waals surface area contributed by atoms with Gasteiger partial charge < -0.3 is 18.9 Å². The molecule has 1 spiro atoms. The predicted octanol–water partition coefficient (Wildman–Crippen LogP) is 7.09. The molecule has 6 nitrogen and oxygen atoms in total. The molecule has 1 saturated heterocycles. The van der Waals surface area contributed by atoms with Gasteiger partial charge in [-0.15, -0.1) is 0 Å². The molecule has 1 unspecified atom stereocenters. The molecule has 3 aliphatic rings. The average molecular weight is 569 g/mol. The van der Waals surface area contributed by atoms with Crippen molar-refractivity contribution in [3.05, 3.63) is 69.7 Å². The van der Waals surface area contributed by atoms with Crippen molar-refractivity contribution in [3.8, 4) is 0 Å². The highest BCUT2D eigenvalue weighted by Crippen LogP contribution is 2.61. The summed E-state index contributed by atoms with van der Waals surface area (Å²) in [6.45, 7) is 6.62. The molecule has 2 aromatic carbocycles. The lowest BCUT2D eigenvalue weighted by Gasteiger charge is -2.54. The maximum Gasteiger partial charge on any atom is 0.303 e. The van der Waals surface area contributed by atoms with Crippen LogP contribution in [0.2, 0.25) is 5.02 Å². The van der Waals surface area contributed by atoms with E-state index in [2.05, 4.69) is 24.3 Å². The lowest BCUT2D eigenvalue weighted by molar-refractivity contribution is -0.356. The maximum atomic E-state index is 12.3. The first kappa shape index (κ1) is 29.1. The number of carbonyl (C=O) groups excluding carboxylic acids is 2. The van der Waals surface area contributed by atoms with Gasteiger partial charge in [0, 0.05) is 37.5 Å². The second-order valence-electron chi connectivity index (χ2n) is 12.1. The highest BCUT2D eigenvalue weighted by atomic mass is 35.5. The Labute approximate surface area is 242 Å². The minimum absolute atomic E-state index is 0.221. The number of ether oxygens (including phenoxy) is 4. The van der Waals surface area contributed by atoms with Crippen molar-refractivity contribution in [3.63, 3.8) is 0 Å². The summed E-state index contributed by atoms with van der Waals surface area (Å²) < 4.78 is 24.2. The van der Waals surface area contributed by atoms with Crippen LogP contribution in [0.25, 0.3) is 0 Å². The molecule has 40 heavy (non-hydrogen) atoms. The van der Waals surface area contributed by atoms with Gasteiger partial charge in [0.1, 0.15) is 6.10 Å². The molecule has 2 saturated carbocycles. The molecule has 5 rings (SSSR count). The number of hydrogen-bond donors (Lipinski definition) is 0. The zero-order valence-corrected chi connectivity index (χ0v) is 25.0. The second-order valence-corrected chi connectivity index (χ2v) is 12.5. The molecule has 1 heterocycles. The summed E-state index contributed by atoms with van der Waals surface area (Å²) in [5, 5.41) is 0.627. The number of hydrogen-bond acceptors (Lipinski definition) is 6. The Morgan fingerprint density at radius 2 is 1.70 bits per heavy atom. The van der Waals surface area contributed by atoms with Crippen LogP contribution >= 0.6 is 11.6 Å². The Morgan fingerprint density at radius 3 is 2.25 bits per heavy atom. The van der Waals surface area contributed by atoms with Crippen molar-refractivity contribution in [2.75, 3.05) is 7.11 Å². The van der Waals surface area contributed by atoms with E-state index in [9.17, 15) is 9.59 Å². The number of carbonyl (C=O) groups is 2. The normalized spacial score (nSPS) is 29.4. The monoisotopic (exact) mass is 568 g/mol. The van der Waals surface area contributed by atoms with E-state index in [0.717, 1.165) is 11.1 Å². The standard InChI is InChI=1S/C33H41ClO6/c1-6-29-20(2)30(38-21(3)35)31(39-22(4)36)33(37-5,40-29)27-12-13-28(34)25(17-27)16-23-8-10-24(11-9-23)26-18-32(19-26)14-7-15-32/h8-13,17,20,26,29-31H,6-7,14-16,18-19H2,1-5H3/t20-,29-,30+,31-,33?/m1/s1. The smallest absolute Gasteiger partial charge is 0.303 e. The molecule has 216 valence electrons. The van der Waals surface area contributed by atoms with Crippen LogP contribution in [-0.2, 0) is 40.7 Å². The Hall–Kier alpha value is -2.41. The molecule has 0 N–H and O–H groups in total. The molecular weight excluding hydrogens is 528 g/mol. The predicted molar refractivity (Wildman–Crippen MR) is 153 cm³/mol. The highest BCUT2D eigenvalue weighted by Gasteiger charge is 2.58. The van der Waals surface area contributed by atoms with Crippen molar-refractivity contribution in [1.82, 2.24) is 0 Å². The third-order valence-corrected chi connectivity index (χ3v) is 9.84. The lowest BCUT2D eigenvalue weighted by Crippen LogP contribution is -2.62. The minimum atomic E-state index is -1.48. The summed E-state index contributed by atoms with van der Waals surface area (Å²) in [4.78, 5) is 24.4. The zero-order valence-electron chi connectivity index (χ0n) is 24.2. The summed E-state index contributed by atoms with van der Waals surface area (Å²) >= 11 is 6.70. The summed E-state index contributed by atoms with van der Waals surface area (Å²) in [6.07, 6.45) is 6.08. The summed E-state index contributed by atoms with van der Waals surface area (Å²) in [7, 11) is 1.52. The molecule has 0 radical (unpaired) electrons. The van der Waals surface area contributed by atoms with Crippen LogP contribution in [0, 0.1) is 11.3 Å². The molecule has 5 atom stereocenters. The quantitative estimate of drug-likeness (QED) is 0.317. The second kappa shape index (κ2) is 11.5. The molecule has 3 fully saturated rings. The molecular formula is C33H41ClO6. The molecule has 0 bridgehead atoms. The Bertz CT molecular complexity index is 1230. The molecule has 7 heteroatoms. The highest BCUT2D eigenvalue weighted by molar-refractivity contribution is 6.31. The third kappa shape index (κ3) is 5.43. The van der Waals surface area contributed by atoms with Gasteiger partial charge in [-0.2, -0.15) is 0 Å². The van der Waals surface area contributed by atoms with E-state index >= 15 is 0 Å². The van der Waals surface area contributed by atoms with Crippen LogP contribution in [0.3, 0.4) is 0 Å². The van der Waals surface area contributed by atoms with Gasteiger partial charge in [-0.3, -0.25) is 9.59 Å².